The van der Waals surface area contributed by atoms with Gasteiger partial charge in [0.05, 0.1) is 13.7 Å². The van der Waals surface area contributed by atoms with Gasteiger partial charge in [0.15, 0.2) is 5.96 Å². The number of aliphatic imine (C=N–C) groups is 1. The Morgan fingerprint density at radius 3 is 2.50 bits per heavy atom. The summed E-state index contributed by atoms with van der Waals surface area (Å²) in [5, 5.41) is 3.05. The number of ether oxygens (including phenoxy) is 2. The van der Waals surface area contributed by atoms with E-state index in [1.54, 1.807) is 7.11 Å². The Balaban J connectivity index is 0.00000361. The highest BCUT2D eigenvalue weighted by Gasteiger charge is 1.95. The number of nitrogens with two attached hydrogens (primary N) is 1. The zero-order chi connectivity index (χ0) is 13.9. The van der Waals surface area contributed by atoms with E-state index < -0.39 is 0 Å². The number of nitrogens with zero attached hydrogens (tertiary/aromatic N) is 1. The molecule has 0 aliphatic carbocycles. The largest absolute Gasteiger partial charge is 0.497 e. The van der Waals surface area contributed by atoms with Crippen LogP contribution in [0.15, 0.2) is 29.3 Å². The topological polar surface area (TPSA) is 68.9 Å². The summed E-state index contributed by atoms with van der Waals surface area (Å²) >= 11 is 0. The van der Waals surface area contributed by atoms with Crippen LogP contribution in [0, 0.1) is 0 Å². The fourth-order valence-electron chi connectivity index (χ4n) is 1.44. The van der Waals surface area contributed by atoms with E-state index in [0.717, 1.165) is 37.4 Å². The number of methoxy groups -OCH3 is 1. The highest BCUT2D eigenvalue weighted by molar-refractivity contribution is 14.0. The summed E-state index contributed by atoms with van der Waals surface area (Å²) in [5.74, 6) is 2.17. The molecule has 1 aromatic carbocycles. The van der Waals surface area contributed by atoms with Crippen molar-refractivity contribution in [1.82, 2.24) is 5.32 Å². The van der Waals surface area contributed by atoms with Gasteiger partial charge in [0.25, 0.3) is 0 Å². The fraction of sp³-hybridized carbons (Fsp3) is 0.500. The Kier molecular flexibility index (Phi) is 10.9. The minimum atomic E-state index is 0. The molecule has 20 heavy (non-hydrogen) atoms. The molecule has 1 rings (SSSR count). The average molecular weight is 393 g/mol. The summed E-state index contributed by atoms with van der Waals surface area (Å²) in [6, 6.07) is 7.54. The maximum absolute atomic E-state index is 5.67. The van der Waals surface area contributed by atoms with E-state index in [0.29, 0.717) is 12.6 Å². The number of benzene rings is 1. The molecule has 6 heteroatoms. The first-order valence-corrected chi connectivity index (χ1v) is 6.57. The second kappa shape index (κ2) is 11.6. The molecule has 114 valence electrons. The van der Waals surface area contributed by atoms with Gasteiger partial charge in [-0.1, -0.05) is 6.92 Å². The van der Waals surface area contributed by atoms with Crippen molar-refractivity contribution in [3.63, 3.8) is 0 Å². The Hall–Kier alpha value is -1.18. The van der Waals surface area contributed by atoms with Crippen molar-refractivity contribution < 1.29 is 9.47 Å². The summed E-state index contributed by atoms with van der Waals surface area (Å²) in [7, 11) is 1.64. The smallest absolute Gasteiger partial charge is 0.188 e. The number of hydrogen-bond acceptors (Lipinski definition) is 3. The van der Waals surface area contributed by atoms with Gasteiger partial charge < -0.3 is 20.5 Å². The molecular formula is C14H24IN3O2. The van der Waals surface area contributed by atoms with E-state index in [1.807, 2.05) is 24.3 Å². The molecule has 1 aromatic rings. The lowest BCUT2D eigenvalue weighted by Crippen LogP contribution is -2.33. The highest BCUT2D eigenvalue weighted by Crippen LogP contribution is 2.16. The lowest BCUT2D eigenvalue weighted by Gasteiger charge is -2.08. The normalized spacial score (nSPS) is 10.6. The van der Waals surface area contributed by atoms with Crippen molar-refractivity contribution in [3.8, 4) is 11.5 Å². The Morgan fingerprint density at radius 1 is 1.25 bits per heavy atom. The zero-order valence-corrected chi connectivity index (χ0v) is 14.4. The average Bonchev–Trinajstić information content (AvgIpc) is 2.45. The number of hydrogen-bond donors (Lipinski definition) is 2. The molecule has 0 amide bonds. The molecule has 0 unspecified atom stereocenters. The van der Waals surface area contributed by atoms with Gasteiger partial charge in [0.1, 0.15) is 11.5 Å². The first-order valence-electron chi connectivity index (χ1n) is 6.57. The van der Waals surface area contributed by atoms with Crippen molar-refractivity contribution in [2.75, 3.05) is 26.8 Å². The first kappa shape index (κ1) is 18.8. The minimum Gasteiger partial charge on any atom is -0.497 e. The molecule has 0 atom stereocenters. The van der Waals surface area contributed by atoms with Crippen LogP contribution in [0.25, 0.3) is 0 Å². The van der Waals surface area contributed by atoms with Gasteiger partial charge >= 0.3 is 0 Å². The number of guanidine groups is 1. The van der Waals surface area contributed by atoms with E-state index in [9.17, 15) is 0 Å². The SMILES string of the molecule is CCCN=C(N)NCCCOc1ccc(OC)cc1.I. The second-order valence-corrected chi connectivity index (χ2v) is 4.07. The fourth-order valence-corrected chi connectivity index (χ4v) is 1.44. The molecule has 0 aromatic heterocycles. The van der Waals surface area contributed by atoms with Gasteiger partial charge in [-0.2, -0.15) is 0 Å². The second-order valence-electron chi connectivity index (χ2n) is 4.07. The summed E-state index contributed by atoms with van der Waals surface area (Å²) in [5.41, 5.74) is 5.67. The van der Waals surface area contributed by atoms with E-state index >= 15 is 0 Å². The summed E-state index contributed by atoms with van der Waals surface area (Å²) in [6.07, 6.45) is 1.87. The first-order chi connectivity index (χ1) is 9.26. The summed E-state index contributed by atoms with van der Waals surface area (Å²) in [6.45, 7) is 4.23. The van der Waals surface area contributed by atoms with Crippen molar-refractivity contribution in [3.05, 3.63) is 24.3 Å². The summed E-state index contributed by atoms with van der Waals surface area (Å²) in [4.78, 5) is 4.15. The Labute approximate surface area is 138 Å². The monoisotopic (exact) mass is 393 g/mol. The van der Waals surface area contributed by atoms with Crippen LogP contribution < -0.4 is 20.5 Å². The van der Waals surface area contributed by atoms with Crippen molar-refractivity contribution >= 4 is 29.9 Å². The standard InChI is InChI=1S/C14H23N3O2.HI/c1-3-9-16-14(15)17-10-4-11-19-13-7-5-12(18-2)6-8-13;/h5-8H,3-4,9-11H2,1-2H3,(H3,15,16,17);1H. The van der Waals surface area contributed by atoms with Crippen LogP contribution in [0.5, 0.6) is 11.5 Å². The van der Waals surface area contributed by atoms with Crippen LogP contribution in [-0.2, 0) is 0 Å². The predicted octanol–water partition coefficient (Wildman–Crippen LogP) is 2.40. The number of rotatable bonds is 8. The van der Waals surface area contributed by atoms with E-state index in [-0.39, 0.29) is 24.0 Å². The lowest BCUT2D eigenvalue weighted by molar-refractivity contribution is 0.310. The van der Waals surface area contributed by atoms with Gasteiger partial charge in [0, 0.05) is 13.1 Å². The van der Waals surface area contributed by atoms with Gasteiger partial charge in [-0.3, -0.25) is 4.99 Å². The predicted molar refractivity (Wildman–Crippen MR) is 93.3 cm³/mol. The molecular weight excluding hydrogens is 369 g/mol. The maximum Gasteiger partial charge on any atom is 0.188 e. The lowest BCUT2D eigenvalue weighted by atomic mass is 10.3. The Morgan fingerprint density at radius 2 is 1.90 bits per heavy atom. The summed E-state index contributed by atoms with van der Waals surface area (Å²) < 4.78 is 10.7. The molecule has 0 fully saturated rings. The van der Waals surface area contributed by atoms with Crippen molar-refractivity contribution in [2.24, 2.45) is 10.7 Å². The van der Waals surface area contributed by atoms with Gasteiger partial charge in [-0.05, 0) is 37.1 Å². The van der Waals surface area contributed by atoms with Crippen molar-refractivity contribution in [1.29, 1.82) is 0 Å². The Bertz CT molecular complexity index is 383. The van der Waals surface area contributed by atoms with Gasteiger partial charge in [-0.15, -0.1) is 24.0 Å². The maximum atomic E-state index is 5.67. The van der Waals surface area contributed by atoms with Crippen LogP contribution in [-0.4, -0.2) is 32.8 Å². The van der Waals surface area contributed by atoms with Crippen LogP contribution >= 0.6 is 24.0 Å². The zero-order valence-electron chi connectivity index (χ0n) is 12.1. The molecule has 0 saturated heterocycles. The molecule has 0 aliphatic heterocycles. The van der Waals surface area contributed by atoms with Crippen LogP contribution in [0.1, 0.15) is 19.8 Å². The molecule has 0 saturated carbocycles. The minimum absolute atomic E-state index is 0. The molecule has 5 nitrogen and oxygen atoms in total. The van der Waals surface area contributed by atoms with E-state index in [4.69, 9.17) is 15.2 Å². The molecule has 0 aliphatic rings. The quantitative estimate of drug-likeness (QED) is 0.308. The van der Waals surface area contributed by atoms with Crippen LogP contribution in [0.4, 0.5) is 0 Å². The van der Waals surface area contributed by atoms with Crippen LogP contribution in [0.3, 0.4) is 0 Å². The molecule has 0 bridgehead atoms. The van der Waals surface area contributed by atoms with Crippen LogP contribution in [0.2, 0.25) is 0 Å². The van der Waals surface area contributed by atoms with E-state index in [1.165, 1.54) is 0 Å². The molecule has 3 N–H and O–H groups in total. The van der Waals surface area contributed by atoms with E-state index in [2.05, 4.69) is 17.2 Å². The highest BCUT2D eigenvalue weighted by atomic mass is 127. The molecule has 0 heterocycles. The molecule has 0 spiro atoms. The number of nitrogens with one attached hydrogen (secondary N) is 1. The number of halogens is 1. The van der Waals surface area contributed by atoms with Gasteiger partial charge in [-0.25, -0.2) is 0 Å². The third kappa shape index (κ3) is 8.08. The third-order valence-electron chi connectivity index (χ3n) is 2.46. The third-order valence-corrected chi connectivity index (χ3v) is 2.46. The van der Waals surface area contributed by atoms with Gasteiger partial charge in [0.2, 0.25) is 0 Å². The molecule has 0 radical (unpaired) electrons. The van der Waals surface area contributed by atoms with Crippen molar-refractivity contribution in [2.45, 2.75) is 19.8 Å².